The topological polar surface area (TPSA) is 89.3 Å². The van der Waals surface area contributed by atoms with E-state index in [4.69, 9.17) is 4.74 Å². The number of aromatic nitrogens is 3. The van der Waals surface area contributed by atoms with Crippen LogP contribution in [0.2, 0.25) is 0 Å². The van der Waals surface area contributed by atoms with E-state index in [9.17, 15) is 14.3 Å². The van der Waals surface area contributed by atoms with Crippen LogP contribution in [-0.2, 0) is 11.3 Å². The van der Waals surface area contributed by atoms with Crippen LogP contribution in [0.3, 0.4) is 0 Å². The van der Waals surface area contributed by atoms with Gasteiger partial charge in [0.1, 0.15) is 17.6 Å². The van der Waals surface area contributed by atoms with Gasteiger partial charge in [-0.2, -0.15) is 0 Å². The molecule has 2 aromatic carbocycles. The van der Waals surface area contributed by atoms with Gasteiger partial charge in [-0.15, -0.1) is 5.10 Å². The first kappa shape index (κ1) is 21.1. The third kappa shape index (κ3) is 5.15. The van der Waals surface area contributed by atoms with E-state index < -0.39 is 17.8 Å². The maximum atomic E-state index is 13.9. The Morgan fingerprint density at radius 2 is 1.94 bits per heavy atom. The van der Waals surface area contributed by atoms with Crippen LogP contribution >= 0.6 is 0 Å². The third-order valence-corrected chi connectivity index (χ3v) is 5.52. The molecule has 1 aliphatic heterocycles. The highest BCUT2D eigenvalue weighted by Gasteiger charge is 2.32. The van der Waals surface area contributed by atoms with E-state index >= 15 is 0 Å². The summed E-state index contributed by atoms with van der Waals surface area (Å²) in [6.07, 6.45) is 3.37. The Hall–Kier alpha value is -3.10. The standard InChI is InChI=1S/C23H25FN4O3/c24-19-9-5-4-8-18(19)23(30)25-20-11-10-17(31-22(20)15-29)12-13-28-14-21(26-27-28)16-6-2-1-3-7-16/h1-9,14,17,20,22,29H,10-13,15H2,(H,25,30)/t17-,20-,22+/m0/s1. The van der Waals surface area contributed by atoms with Crippen LogP contribution in [0.5, 0.6) is 0 Å². The van der Waals surface area contributed by atoms with Gasteiger partial charge in [-0.05, 0) is 31.4 Å². The molecule has 1 amide bonds. The van der Waals surface area contributed by atoms with Crippen molar-refractivity contribution in [2.24, 2.45) is 0 Å². The van der Waals surface area contributed by atoms with Crippen molar-refractivity contribution >= 4 is 5.91 Å². The molecule has 0 radical (unpaired) electrons. The predicted octanol–water partition coefficient (Wildman–Crippen LogP) is 2.81. The summed E-state index contributed by atoms with van der Waals surface area (Å²) >= 11 is 0. The number of rotatable bonds is 7. The summed E-state index contributed by atoms with van der Waals surface area (Å²) in [6.45, 7) is 0.412. The van der Waals surface area contributed by atoms with Gasteiger partial charge in [0, 0.05) is 12.1 Å². The molecule has 2 N–H and O–H groups in total. The van der Waals surface area contributed by atoms with Crippen molar-refractivity contribution < 1.29 is 19.0 Å². The number of hydrogen-bond donors (Lipinski definition) is 2. The van der Waals surface area contributed by atoms with Crippen LogP contribution in [-0.4, -0.2) is 50.9 Å². The Labute approximate surface area is 179 Å². The molecule has 1 aromatic heterocycles. The smallest absolute Gasteiger partial charge is 0.254 e. The molecule has 3 aromatic rings. The summed E-state index contributed by atoms with van der Waals surface area (Å²) in [4.78, 5) is 12.4. The van der Waals surface area contributed by atoms with Crippen molar-refractivity contribution in [1.29, 1.82) is 0 Å². The summed E-state index contributed by atoms with van der Waals surface area (Å²) in [7, 11) is 0. The van der Waals surface area contributed by atoms with Gasteiger partial charge in [0.15, 0.2) is 0 Å². The monoisotopic (exact) mass is 424 g/mol. The van der Waals surface area contributed by atoms with Crippen LogP contribution in [0.15, 0.2) is 60.8 Å². The Kier molecular flexibility index (Phi) is 6.69. The average molecular weight is 424 g/mol. The maximum Gasteiger partial charge on any atom is 0.254 e. The number of aliphatic hydroxyl groups is 1. The number of aryl methyl sites for hydroxylation is 1. The zero-order chi connectivity index (χ0) is 21.6. The number of aliphatic hydroxyl groups excluding tert-OH is 1. The van der Waals surface area contributed by atoms with Crippen LogP contribution in [0, 0.1) is 5.82 Å². The van der Waals surface area contributed by atoms with Crippen molar-refractivity contribution in [3.05, 3.63) is 72.2 Å². The summed E-state index contributed by atoms with van der Waals surface area (Å²) < 4.78 is 21.6. The maximum absolute atomic E-state index is 13.9. The highest BCUT2D eigenvalue weighted by Crippen LogP contribution is 2.23. The quantitative estimate of drug-likeness (QED) is 0.609. The lowest BCUT2D eigenvalue weighted by atomic mass is 9.96. The number of amides is 1. The molecule has 4 rings (SSSR count). The van der Waals surface area contributed by atoms with Crippen molar-refractivity contribution in [3.8, 4) is 11.3 Å². The SMILES string of the molecule is O=C(N[C@H]1CC[C@@H](CCn2cc(-c3ccccc3)nn2)O[C@@H]1CO)c1ccccc1F. The second-order valence-corrected chi connectivity index (χ2v) is 7.64. The van der Waals surface area contributed by atoms with Crippen molar-refractivity contribution in [3.63, 3.8) is 0 Å². The Balaban J connectivity index is 1.30. The van der Waals surface area contributed by atoms with Gasteiger partial charge < -0.3 is 15.2 Å². The number of nitrogens with zero attached hydrogens (tertiary/aromatic N) is 3. The number of carbonyl (C=O) groups is 1. The van der Waals surface area contributed by atoms with Crippen molar-refractivity contribution in [2.75, 3.05) is 6.61 Å². The first-order valence-electron chi connectivity index (χ1n) is 10.4. The van der Waals surface area contributed by atoms with Gasteiger partial charge in [0.2, 0.25) is 0 Å². The molecule has 8 heteroatoms. The van der Waals surface area contributed by atoms with E-state index in [1.165, 1.54) is 18.2 Å². The lowest BCUT2D eigenvalue weighted by Crippen LogP contribution is -2.51. The Morgan fingerprint density at radius 3 is 2.71 bits per heavy atom. The second-order valence-electron chi connectivity index (χ2n) is 7.64. The molecule has 0 aliphatic carbocycles. The zero-order valence-electron chi connectivity index (χ0n) is 17.0. The van der Waals surface area contributed by atoms with Gasteiger partial charge in [-0.25, -0.2) is 4.39 Å². The van der Waals surface area contributed by atoms with E-state index in [-0.39, 0.29) is 24.3 Å². The summed E-state index contributed by atoms with van der Waals surface area (Å²) in [5.74, 6) is -1.07. The van der Waals surface area contributed by atoms with Crippen LogP contribution in [0.4, 0.5) is 4.39 Å². The van der Waals surface area contributed by atoms with E-state index in [0.29, 0.717) is 19.4 Å². The molecule has 3 atom stereocenters. The minimum atomic E-state index is -0.571. The van der Waals surface area contributed by atoms with Crippen molar-refractivity contribution in [1.82, 2.24) is 20.3 Å². The minimum absolute atomic E-state index is 0.0123. The third-order valence-electron chi connectivity index (χ3n) is 5.52. The largest absolute Gasteiger partial charge is 0.394 e. The molecule has 0 bridgehead atoms. The highest BCUT2D eigenvalue weighted by molar-refractivity contribution is 5.94. The first-order valence-corrected chi connectivity index (χ1v) is 10.4. The number of nitrogens with one attached hydrogen (secondary N) is 1. The molecule has 0 saturated carbocycles. The molecular formula is C23H25FN4O3. The number of halogens is 1. The lowest BCUT2D eigenvalue weighted by molar-refractivity contribution is -0.0912. The second kappa shape index (κ2) is 9.80. The first-order chi connectivity index (χ1) is 15.1. The molecule has 31 heavy (non-hydrogen) atoms. The van der Waals surface area contributed by atoms with E-state index in [0.717, 1.165) is 17.7 Å². The fourth-order valence-electron chi connectivity index (χ4n) is 3.83. The van der Waals surface area contributed by atoms with Gasteiger partial charge in [0.25, 0.3) is 5.91 Å². The van der Waals surface area contributed by atoms with E-state index in [1.54, 1.807) is 10.7 Å². The molecule has 1 saturated heterocycles. The molecule has 2 heterocycles. The Morgan fingerprint density at radius 1 is 1.16 bits per heavy atom. The van der Waals surface area contributed by atoms with Crippen LogP contribution < -0.4 is 5.32 Å². The fourth-order valence-corrected chi connectivity index (χ4v) is 3.83. The van der Waals surface area contributed by atoms with Crippen molar-refractivity contribution in [2.45, 2.75) is 44.1 Å². The molecule has 1 fully saturated rings. The average Bonchev–Trinajstić information content (AvgIpc) is 3.28. The molecule has 162 valence electrons. The summed E-state index contributed by atoms with van der Waals surface area (Å²) in [5, 5.41) is 21.0. The normalized spacial score (nSPS) is 21.0. The fraction of sp³-hybridized carbons (Fsp3) is 0.348. The zero-order valence-corrected chi connectivity index (χ0v) is 17.0. The molecule has 1 aliphatic rings. The molecule has 0 unspecified atom stereocenters. The molecule has 0 spiro atoms. The van der Waals surface area contributed by atoms with Gasteiger partial charge >= 0.3 is 0 Å². The molecule has 7 nitrogen and oxygen atoms in total. The van der Waals surface area contributed by atoms with E-state index in [1.807, 2.05) is 36.5 Å². The number of benzene rings is 2. The number of hydrogen-bond acceptors (Lipinski definition) is 5. The summed E-state index contributed by atoms with van der Waals surface area (Å²) in [6, 6.07) is 15.3. The van der Waals surface area contributed by atoms with Crippen LogP contribution in [0.25, 0.3) is 11.3 Å². The van der Waals surface area contributed by atoms with Gasteiger partial charge in [0.05, 0.1) is 30.5 Å². The number of carbonyl (C=O) groups excluding carboxylic acids is 1. The predicted molar refractivity (Wildman–Crippen MR) is 113 cm³/mol. The minimum Gasteiger partial charge on any atom is -0.394 e. The highest BCUT2D eigenvalue weighted by atomic mass is 19.1. The number of ether oxygens (including phenoxy) is 1. The summed E-state index contributed by atoms with van der Waals surface area (Å²) in [5.41, 5.74) is 1.81. The lowest BCUT2D eigenvalue weighted by Gasteiger charge is -2.36. The molecular weight excluding hydrogens is 399 g/mol. The van der Waals surface area contributed by atoms with Gasteiger partial charge in [-0.3, -0.25) is 9.48 Å². The Bertz CT molecular complexity index is 1010. The van der Waals surface area contributed by atoms with E-state index in [2.05, 4.69) is 15.6 Å². The van der Waals surface area contributed by atoms with Gasteiger partial charge in [-0.1, -0.05) is 47.7 Å². The van der Waals surface area contributed by atoms with Crippen LogP contribution in [0.1, 0.15) is 29.6 Å².